The minimum Gasteiger partial charge on any atom is -0.313 e. The Kier molecular flexibility index (Phi) is 4.05. The van der Waals surface area contributed by atoms with Crippen LogP contribution in [-0.2, 0) is 5.41 Å². The topological polar surface area (TPSA) is 12.0 Å². The molecule has 0 bridgehead atoms. The lowest BCUT2D eigenvalue weighted by Crippen LogP contribution is -2.50. The number of halogens is 2. The average Bonchev–Trinajstić information content (AvgIpc) is 3.15. The van der Waals surface area contributed by atoms with Crippen molar-refractivity contribution in [2.75, 3.05) is 6.54 Å². The van der Waals surface area contributed by atoms with Crippen LogP contribution in [0.1, 0.15) is 45.1 Å². The summed E-state index contributed by atoms with van der Waals surface area (Å²) in [4.78, 5) is 0. The summed E-state index contributed by atoms with van der Waals surface area (Å²) in [6.07, 6.45) is 5.21. The van der Waals surface area contributed by atoms with Crippen molar-refractivity contribution in [3.63, 3.8) is 0 Å². The van der Waals surface area contributed by atoms with Gasteiger partial charge in [-0.05, 0) is 55.2 Å². The first kappa shape index (κ1) is 14.7. The first-order chi connectivity index (χ1) is 9.50. The third kappa shape index (κ3) is 2.86. The van der Waals surface area contributed by atoms with E-state index in [2.05, 4.69) is 31.3 Å². The van der Waals surface area contributed by atoms with Gasteiger partial charge < -0.3 is 5.32 Å². The summed E-state index contributed by atoms with van der Waals surface area (Å²) < 4.78 is 0. The highest BCUT2D eigenvalue weighted by molar-refractivity contribution is 6.42. The van der Waals surface area contributed by atoms with Gasteiger partial charge in [0.2, 0.25) is 0 Å². The van der Waals surface area contributed by atoms with Crippen molar-refractivity contribution < 1.29 is 0 Å². The van der Waals surface area contributed by atoms with Gasteiger partial charge in [-0.15, -0.1) is 0 Å². The van der Waals surface area contributed by atoms with Crippen LogP contribution in [0.3, 0.4) is 0 Å². The molecule has 2 saturated carbocycles. The van der Waals surface area contributed by atoms with Crippen molar-refractivity contribution in [1.29, 1.82) is 0 Å². The molecule has 0 atom stereocenters. The highest BCUT2D eigenvalue weighted by Gasteiger charge is 2.46. The number of hydrogen-bond acceptors (Lipinski definition) is 1. The maximum Gasteiger partial charge on any atom is 0.0595 e. The molecule has 3 heteroatoms. The molecule has 110 valence electrons. The fraction of sp³-hybridized carbons (Fsp3) is 0.647. The van der Waals surface area contributed by atoms with Crippen molar-refractivity contribution in [2.24, 2.45) is 11.8 Å². The van der Waals surface area contributed by atoms with Gasteiger partial charge in [-0.2, -0.15) is 0 Å². The summed E-state index contributed by atoms with van der Waals surface area (Å²) in [6.45, 7) is 5.74. The Morgan fingerprint density at radius 3 is 2.45 bits per heavy atom. The average molecular weight is 312 g/mol. The second-order valence-corrected chi connectivity index (χ2v) is 7.79. The Bertz CT molecular complexity index is 482. The smallest absolute Gasteiger partial charge is 0.0595 e. The van der Waals surface area contributed by atoms with Crippen molar-refractivity contribution in [3.8, 4) is 0 Å². The van der Waals surface area contributed by atoms with Crippen LogP contribution >= 0.6 is 23.2 Å². The zero-order valence-corrected chi connectivity index (χ0v) is 13.8. The molecule has 0 amide bonds. The summed E-state index contributed by atoms with van der Waals surface area (Å²) in [5.74, 6) is 1.61. The van der Waals surface area contributed by atoms with Crippen LogP contribution in [0.4, 0.5) is 0 Å². The maximum atomic E-state index is 6.22. The lowest BCUT2D eigenvalue weighted by Gasteiger charge is -2.50. The van der Waals surface area contributed by atoms with E-state index >= 15 is 0 Å². The van der Waals surface area contributed by atoms with E-state index in [0.29, 0.717) is 10.0 Å². The number of benzene rings is 1. The van der Waals surface area contributed by atoms with E-state index in [0.717, 1.165) is 24.4 Å². The van der Waals surface area contributed by atoms with Crippen molar-refractivity contribution in [1.82, 2.24) is 5.32 Å². The van der Waals surface area contributed by atoms with Gasteiger partial charge in [-0.3, -0.25) is 0 Å². The number of hydrogen-bond donors (Lipinski definition) is 1. The van der Waals surface area contributed by atoms with Gasteiger partial charge in [0.15, 0.2) is 0 Å². The molecule has 1 aromatic rings. The highest BCUT2D eigenvalue weighted by atomic mass is 35.5. The van der Waals surface area contributed by atoms with Crippen LogP contribution in [0.25, 0.3) is 0 Å². The van der Waals surface area contributed by atoms with Crippen molar-refractivity contribution in [3.05, 3.63) is 33.8 Å². The summed E-state index contributed by atoms with van der Waals surface area (Å²) in [5, 5.41) is 5.05. The van der Waals surface area contributed by atoms with E-state index in [9.17, 15) is 0 Å². The van der Waals surface area contributed by atoms with Crippen molar-refractivity contribution in [2.45, 2.75) is 51.0 Å². The van der Waals surface area contributed by atoms with Crippen molar-refractivity contribution >= 4 is 23.2 Å². The molecular formula is C17H23Cl2N. The van der Waals surface area contributed by atoms with Crippen LogP contribution in [0, 0.1) is 11.8 Å². The Balaban J connectivity index is 1.79. The zero-order valence-electron chi connectivity index (χ0n) is 12.3. The molecule has 1 aromatic carbocycles. The second kappa shape index (κ2) is 5.51. The molecule has 0 radical (unpaired) electrons. The standard InChI is InChI=1S/C17H23Cl2N/c1-11(2)12-8-17(9-12,10-20-14-4-5-14)13-3-6-15(18)16(19)7-13/h3,6-7,11-12,14,20H,4-5,8-10H2,1-2H3. The summed E-state index contributed by atoms with van der Waals surface area (Å²) in [6, 6.07) is 6.95. The van der Waals surface area contributed by atoms with E-state index in [4.69, 9.17) is 23.2 Å². The third-order valence-corrected chi connectivity index (χ3v) is 5.83. The molecule has 0 aromatic heterocycles. The molecule has 2 aliphatic carbocycles. The van der Waals surface area contributed by atoms with Crippen LogP contribution in [-0.4, -0.2) is 12.6 Å². The zero-order chi connectivity index (χ0) is 14.3. The molecule has 2 fully saturated rings. The number of nitrogens with one attached hydrogen (secondary N) is 1. The van der Waals surface area contributed by atoms with Crippen LogP contribution in [0.5, 0.6) is 0 Å². The van der Waals surface area contributed by atoms with Crippen LogP contribution in [0.15, 0.2) is 18.2 Å². The second-order valence-electron chi connectivity index (χ2n) is 6.98. The fourth-order valence-corrected chi connectivity index (χ4v) is 3.65. The van der Waals surface area contributed by atoms with Gasteiger partial charge in [0.25, 0.3) is 0 Å². The molecule has 0 unspecified atom stereocenters. The van der Waals surface area contributed by atoms with E-state index in [1.54, 1.807) is 0 Å². The van der Waals surface area contributed by atoms with E-state index in [1.807, 2.05) is 6.07 Å². The van der Waals surface area contributed by atoms with Crippen LogP contribution < -0.4 is 5.32 Å². The SMILES string of the molecule is CC(C)C1CC(CNC2CC2)(c2ccc(Cl)c(Cl)c2)C1. The lowest BCUT2D eigenvalue weighted by molar-refractivity contribution is 0.0973. The van der Waals surface area contributed by atoms with E-state index in [1.165, 1.54) is 31.2 Å². The van der Waals surface area contributed by atoms with Crippen LogP contribution in [0.2, 0.25) is 10.0 Å². The third-order valence-electron chi connectivity index (χ3n) is 5.09. The molecule has 2 aliphatic rings. The van der Waals surface area contributed by atoms with E-state index < -0.39 is 0 Å². The normalized spacial score (nSPS) is 29.6. The fourth-order valence-electron chi connectivity index (χ4n) is 3.35. The van der Waals surface area contributed by atoms with Gasteiger partial charge in [0.1, 0.15) is 0 Å². The Labute approximate surface area is 132 Å². The Hall–Kier alpha value is -0.240. The molecule has 0 heterocycles. The first-order valence-corrected chi connectivity index (χ1v) is 8.45. The predicted octanol–water partition coefficient (Wildman–Crippen LogP) is 5.05. The minimum absolute atomic E-state index is 0.270. The molecule has 0 saturated heterocycles. The van der Waals surface area contributed by atoms with Gasteiger partial charge in [-0.1, -0.05) is 43.1 Å². The number of rotatable bonds is 5. The van der Waals surface area contributed by atoms with Gasteiger partial charge >= 0.3 is 0 Å². The maximum absolute atomic E-state index is 6.22. The Morgan fingerprint density at radius 2 is 1.90 bits per heavy atom. The van der Waals surface area contributed by atoms with Gasteiger partial charge in [0.05, 0.1) is 10.0 Å². The molecular weight excluding hydrogens is 289 g/mol. The molecule has 0 aliphatic heterocycles. The summed E-state index contributed by atoms with van der Waals surface area (Å²) >= 11 is 12.3. The first-order valence-electron chi connectivity index (χ1n) is 7.69. The van der Waals surface area contributed by atoms with Gasteiger partial charge in [-0.25, -0.2) is 0 Å². The Morgan fingerprint density at radius 1 is 1.20 bits per heavy atom. The molecule has 3 rings (SSSR count). The monoisotopic (exact) mass is 311 g/mol. The van der Waals surface area contributed by atoms with E-state index in [-0.39, 0.29) is 5.41 Å². The molecule has 0 spiro atoms. The largest absolute Gasteiger partial charge is 0.313 e. The highest BCUT2D eigenvalue weighted by Crippen LogP contribution is 2.51. The quantitative estimate of drug-likeness (QED) is 0.802. The lowest BCUT2D eigenvalue weighted by atomic mass is 9.56. The summed E-state index contributed by atoms with van der Waals surface area (Å²) in [5.41, 5.74) is 1.63. The molecule has 1 nitrogen and oxygen atoms in total. The molecule has 1 N–H and O–H groups in total. The minimum atomic E-state index is 0.270. The van der Waals surface area contributed by atoms with Gasteiger partial charge in [0, 0.05) is 18.0 Å². The predicted molar refractivity (Wildman–Crippen MR) is 86.7 cm³/mol. The molecule has 20 heavy (non-hydrogen) atoms. The summed E-state index contributed by atoms with van der Waals surface area (Å²) in [7, 11) is 0.